The fraction of sp³-hybridized carbons (Fsp3) is 0.562. The van der Waals surface area contributed by atoms with Gasteiger partial charge < -0.3 is 4.52 Å². The molecule has 0 saturated heterocycles. The molecule has 1 rings (SSSR count). The van der Waals surface area contributed by atoms with Gasteiger partial charge in [0.25, 0.3) is 0 Å². The Morgan fingerprint density at radius 1 is 1.00 bits per heavy atom. The summed E-state index contributed by atoms with van der Waals surface area (Å²) in [5.74, 6) is -0.123. The molecule has 0 aromatic heterocycles. The SMILES string of the molecule is CC(C)(C)P(OC(=O)Cc1ccccc1)C(C)(C)C. The van der Waals surface area contributed by atoms with Crippen LogP contribution in [0.25, 0.3) is 0 Å². The molecule has 0 atom stereocenters. The smallest absolute Gasteiger partial charge is 0.312 e. The highest BCUT2D eigenvalue weighted by atomic mass is 31.1. The Morgan fingerprint density at radius 2 is 1.47 bits per heavy atom. The van der Waals surface area contributed by atoms with Crippen LogP contribution in [0.15, 0.2) is 30.3 Å². The third-order valence-corrected chi connectivity index (χ3v) is 5.43. The van der Waals surface area contributed by atoms with Crippen molar-refractivity contribution in [2.24, 2.45) is 0 Å². The van der Waals surface area contributed by atoms with Crippen LogP contribution >= 0.6 is 8.15 Å². The number of carbonyl (C=O) groups is 1. The Bertz CT molecular complexity index is 399. The fourth-order valence-electron chi connectivity index (χ4n) is 2.18. The lowest BCUT2D eigenvalue weighted by molar-refractivity contribution is -0.133. The summed E-state index contributed by atoms with van der Waals surface area (Å²) >= 11 is 0. The van der Waals surface area contributed by atoms with Gasteiger partial charge in [-0.2, -0.15) is 0 Å². The number of hydrogen-bond donors (Lipinski definition) is 0. The molecule has 0 fully saturated rings. The van der Waals surface area contributed by atoms with Gasteiger partial charge in [-0.25, -0.2) is 0 Å². The molecular formula is C16H25O2P. The normalized spacial score (nSPS) is 12.6. The summed E-state index contributed by atoms with van der Waals surface area (Å²) in [5, 5.41) is -0.000137. The summed E-state index contributed by atoms with van der Waals surface area (Å²) in [6, 6.07) is 9.75. The predicted molar refractivity (Wildman–Crippen MR) is 82.7 cm³/mol. The molecule has 0 heterocycles. The van der Waals surface area contributed by atoms with E-state index in [9.17, 15) is 4.79 Å². The van der Waals surface area contributed by atoms with Gasteiger partial charge in [0.05, 0.1) is 6.42 Å². The van der Waals surface area contributed by atoms with Gasteiger partial charge in [-0.3, -0.25) is 4.79 Å². The van der Waals surface area contributed by atoms with Crippen molar-refractivity contribution >= 4 is 14.1 Å². The van der Waals surface area contributed by atoms with Crippen LogP contribution in [0.5, 0.6) is 0 Å². The predicted octanol–water partition coefficient (Wildman–Crippen LogP) is 4.77. The van der Waals surface area contributed by atoms with Gasteiger partial charge in [-0.05, 0) is 5.56 Å². The molecule has 0 saturated carbocycles. The van der Waals surface area contributed by atoms with Crippen LogP contribution in [0.2, 0.25) is 0 Å². The molecule has 0 amide bonds. The molecule has 0 bridgehead atoms. The third-order valence-electron chi connectivity index (χ3n) is 2.60. The minimum Gasteiger partial charge on any atom is -0.444 e. The minimum absolute atomic E-state index is 0.0000683. The minimum atomic E-state index is -0.828. The molecule has 106 valence electrons. The van der Waals surface area contributed by atoms with Crippen molar-refractivity contribution in [2.45, 2.75) is 58.3 Å². The van der Waals surface area contributed by atoms with Crippen LogP contribution in [0.1, 0.15) is 47.1 Å². The number of benzene rings is 1. The van der Waals surface area contributed by atoms with Crippen molar-refractivity contribution in [1.29, 1.82) is 0 Å². The molecule has 3 heteroatoms. The van der Waals surface area contributed by atoms with Gasteiger partial charge >= 0.3 is 5.97 Å². The molecule has 0 aliphatic carbocycles. The lowest BCUT2D eigenvalue weighted by atomic mass is 10.2. The maximum atomic E-state index is 12.1. The maximum absolute atomic E-state index is 12.1. The van der Waals surface area contributed by atoms with E-state index in [0.29, 0.717) is 6.42 Å². The van der Waals surface area contributed by atoms with Crippen LogP contribution in [-0.2, 0) is 15.7 Å². The van der Waals surface area contributed by atoms with E-state index in [1.165, 1.54) is 0 Å². The zero-order valence-electron chi connectivity index (χ0n) is 12.9. The molecule has 2 nitrogen and oxygen atoms in total. The van der Waals surface area contributed by atoms with Gasteiger partial charge in [0, 0.05) is 10.3 Å². The first kappa shape index (κ1) is 16.2. The van der Waals surface area contributed by atoms with Crippen molar-refractivity contribution in [3.63, 3.8) is 0 Å². The van der Waals surface area contributed by atoms with E-state index in [1.807, 2.05) is 30.3 Å². The summed E-state index contributed by atoms with van der Waals surface area (Å²) in [6.45, 7) is 12.8. The van der Waals surface area contributed by atoms with Crippen molar-refractivity contribution in [1.82, 2.24) is 0 Å². The van der Waals surface area contributed by atoms with Gasteiger partial charge in [0.1, 0.15) is 8.15 Å². The highest BCUT2D eigenvalue weighted by Crippen LogP contribution is 2.60. The van der Waals surface area contributed by atoms with Crippen molar-refractivity contribution in [3.05, 3.63) is 35.9 Å². The first-order valence-electron chi connectivity index (χ1n) is 6.66. The fourth-order valence-corrected chi connectivity index (χ4v) is 5.01. The molecule has 0 N–H and O–H groups in total. The highest BCUT2D eigenvalue weighted by molar-refractivity contribution is 7.56. The first-order valence-corrected chi connectivity index (χ1v) is 7.92. The summed E-state index contributed by atoms with van der Waals surface area (Å²) < 4.78 is 5.81. The number of carbonyl (C=O) groups excluding carboxylic acids is 1. The van der Waals surface area contributed by atoms with Crippen LogP contribution in [0, 0.1) is 0 Å². The average molecular weight is 280 g/mol. The van der Waals surface area contributed by atoms with Crippen molar-refractivity contribution < 1.29 is 9.32 Å². The van der Waals surface area contributed by atoms with E-state index in [1.54, 1.807) is 0 Å². The summed E-state index contributed by atoms with van der Waals surface area (Å²) in [5.41, 5.74) is 1.00. The molecule has 0 aliphatic rings. The molecule has 0 unspecified atom stereocenters. The second kappa shape index (κ2) is 6.05. The molecule has 1 aromatic rings. The molecule has 0 spiro atoms. The van der Waals surface area contributed by atoms with E-state index in [0.717, 1.165) is 5.56 Å². The Hall–Kier alpha value is -0.880. The molecular weight excluding hydrogens is 255 g/mol. The lowest BCUT2D eigenvalue weighted by Gasteiger charge is -2.39. The molecule has 1 aromatic carbocycles. The number of rotatable bonds is 3. The van der Waals surface area contributed by atoms with E-state index in [4.69, 9.17) is 4.52 Å². The Balaban J connectivity index is 2.73. The largest absolute Gasteiger partial charge is 0.444 e. The Kier molecular flexibility index (Phi) is 5.15. The highest BCUT2D eigenvalue weighted by Gasteiger charge is 2.38. The molecule has 0 radical (unpaired) electrons. The summed E-state index contributed by atoms with van der Waals surface area (Å²) in [7, 11) is -0.828. The van der Waals surface area contributed by atoms with Crippen molar-refractivity contribution in [3.8, 4) is 0 Å². The monoisotopic (exact) mass is 280 g/mol. The second-order valence-electron chi connectivity index (χ2n) is 6.76. The van der Waals surface area contributed by atoms with E-state index in [-0.39, 0.29) is 16.3 Å². The summed E-state index contributed by atoms with van der Waals surface area (Å²) in [4.78, 5) is 12.1. The van der Waals surface area contributed by atoms with Gasteiger partial charge in [0.2, 0.25) is 0 Å². The topological polar surface area (TPSA) is 26.3 Å². The Morgan fingerprint density at radius 3 is 1.89 bits per heavy atom. The van der Waals surface area contributed by atoms with Crippen LogP contribution in [0.4, 0.5) is 0 Å². The van der Waals surface area contributed by atoms with Gasteiger partial charge in [-0.1, -0.05) is 71.9 Å². The average Bonchev–Trinajstić information content (AvgIpc) is 2.24. The Labute approximate surface area is 118 Å². The zero-order chi connectivity index (χ0) is 14.7. The standard InChI is InChI=1S/C16H25O2P/c1-15(2,3)19(16(4,5)6)18-14(17)12-13-10-8-7-9-11-13/h7-11H,12H2,1-6H3. The zero-order valence-corrected chi connectivity index (χ0v) is 13.8. The van der Waals surface area contributed by atoms with Crippen LogP contribution in [0.3, 0.4) is 0 Å². The van der Waals surface area contributed by atoms with E-state index in [2.05, 4.69) is 41.5 Å². The van der Waals surface area contributed by atoms with Gasteiger partial charge in [-0.15, -0.1) is 0 Å². The summed E-state index contributed by atoms with van der Waals surface area (Å²) in [6.07, 6.45) is 0.353. The molecule has 19 heavy (non-hydrogen) atoms. The maximum Gasteiger partial charge on any atom is 0.312 e. The second-order valence-corrected chi connectivity index (χ2v) is 10.2. The first-order chi connectivity index (χ1) is 8.60. The van der Waals surface area contributed by atoms with Crippen molar-refractivity contribution in [2.75, 3.05) is 0 Å². The quantitative estimate of drug-likeness (QED) is 0.746. The van der Waals surface area contributed by atoms with Crippen LogP contribution in [-0.4, -0.2) is 16.3 Å². The third kappa shape index (κ3) is 5.32. The number of hydrogen-bond acceptors (Lipinski definition) is 2. The van der Waals surface area contributed by atoms with Gasteiger partial charge in [0.15, 0.2) is 0 Å². The molecule has 0 aliphatic heterocycles. The van der Waals surface area contributed by atoms with E-state index >= 15 is 0 Å². The lowest BCUT2D eigenvalue weighted by Crippen LogP contribution is -2.28. The van der Waals surface area contributed by atoms with Crippen LogP contribution < -0.4 is 0 Å². The van der Waals surface area contributed by atoms with E-state index < -0.39 is 8.15 Å².